The standard InChI is InChI=1S/C12H27N/c1-6-7-8-11(9-13)10(2)12(3,4)5/h10-11H,6-9,13H2,1-5H3. The lowest BCUT2D eigenvalue weighted by Crippen LogP contribution is -2.30. The molecule has 0 aliphatic carbocycles. The quantitative estimate of drug-likeness (QED) is 0.697. The fourth-order valence-corrected chi connectivity index (χ4v) is 1.75. The number of hydrogen-bond acceptors (Lipinski definition) is 1. The molecule has 2 atom stereocenters. The topological polar surface area (TPSA) is 26.0 Å². The van der Waals surface area contributed by atoms with Gasteiger partial charge in [0.15, 0.2) is 0 Å². The van der Waals surface area contributed by atoms with Crippen LogP contribution >= 0.6 is 0 Å². The van der Waals surface area contributed by atoms with Gasteiger partial charge >= 0.3 is 0 Å². The first kappa shape index (κ1) is 13.0. The molecule has 0 aliphatic heterocycles. The minimum absolute atomic E-state index is 0.401. The van der Waals surface area contributed by atoms with Crippen molar-refractivity contribution in [3.05, 3.63) is 0 Å². The maximum absolute atomic E-state index is 5.81. The van der Waals surface area contributed by atoms with Gasteiger partial charge in [0, 0.05) is 0 Å². The Balaban J connectivity index is 4.07. The molecule has 0 saturated heterocycles. The highest BCUT2D eigenvalue weighted by atomic mass is 14.6. The lowest BCUT2D eigenvalue weighted by molar-refractivity contribution is 0.170. The Morgan fingerprint density at radius 3 is 2.08 bits per heavy atom. The zero-order valence-corrected chi connectivity index (χ0v) is 10.1. The monoisotopic (exact) mass is 185 g/mol. The Hall–Kier alpha value is -0.0400. The first-order valence-electron chi connectivity index (χ1n) is 5.63. The molecule has 0 aliphatic rings. The normalized spacial score (nSPS) is 17.1. The first-order chi connectivity index (χ1) is 5.93. The maximum atomic E-state index is 5.81. The van der Waals surface area contributed by atoms with Gasteiger partial charge in [-0.15, -0.1) is 0 Å². The molecule has 0 aromatic rings. The summed E-state index contributed by atoms with van der Waals surface area (Å²) in [4.78, 5) is 0. The summed E-state index contributed by atoms with van der Waals surface area (Å²) in [6.45, 7) is 12.4. The third-order valence-electron chi connectivity index (χ3n) is 3.30. The first-order valence-corrected chi connectivity index (χ1v) is 5.63. The van der Waals surface area contributed by atoms with Crippen molar-refractivity contribution in [2.75, 3.05) is 6.54 Å². The molecule has 0 radical (unpaired) electrons. The molecule has 1 heteroatoms. The van der Waals surface area contributed by atoms with E-state index in [1.54, 1.807) is 0 Å². The fourth-order valence-electron chi connectivity index (χ4n) is 1.75. The van der Waals surface area contributed by atoms with Gasteiger partial charge in [0.2, 0.25) is 0 Å². The highest BCUT2D eigenvalue weighted by molar-refractivity contribution is 4.77. The lowest BCUT2D eigenvalue weighted by atomic mass is 9.73. The van der Waals surface area contributed by atoms with Crippen LogP contribution in [-0.2, 0) is 0 Å². The summed E-state index contributed by atoms with van der Waals surface area (Å²) in [5, 5.41) is 0. The van der Waals surface area contributed by atoms with Crippen molar-refractivity contribution in [3.63, 3.8) is 0 Å². The van der Waals surface area contributed by atoms with Gasteiger partial charge in [0.05, 0.1) is 0 Å². The van der Waals surface area contributed by atoms with Crippen LogP contribution in [0.5, 0.6) is 0 Å². The predicted molar refractivity (Wildman–Crippen MR) is 60.7 cm³/mol. The Kier molecular flexibility index (Phi) is 5.62. The molecule has 0 aromatic carbocycles. The van der Waals surface area contributed by atoms with E-state index >= 15 is 0 Å². The van der Waals surface area contributed by atoms with Crippen LogP contribution in [0.1, 0.15) is 53.9 Å². The third kappa shape index (κ3) is 4.66. The van der Waals surface area contributed by atoms with Crippen LogP contribution in [0, 0.1) is 17.3 Å². The summed E-state index contributed by atoms with van der Waals surface area (Å²) in [5.74, 6) is 1.43. The van der Waals surface area contributed by atoms with Crippen molar-refractivity contribution >= 4 is 0 Å². The van der Waals surface area contributed by atoms with Crippen LogP contribution in [0.15, 0.2) is 0 Å². The van der Waals surface area contributed by atoms with Crippen LogP contribution in [-0.4, -0.2) is 6.54 Å². The van der Waals surface area contributed by atoms with Crippen LogP contribution in [0.4, 0.5) is 0 Å². The van der Waals surface area contributed by atoms with Gasteiger partial charge in [-0.25, -0.2) is 0 Å². The van der Waals surface area contributed by atoms with E-state index in [1.807, 2.05) is 0 Å². The molecule has 0 rings (SSSR count). The largest absolute Gasteiger partial charge is 0.330 e. The minimum atomic E-state index is 0.401. The molecule has 13 heavy (non-hydrogen) atoms. The zero-order valence-electron chi connectivity index (χ0n) is 10.1. The van der Waals surface area contributed by atoms with E-state index in [1.165, 1.54) is 19.3 Å². The highest BCUT2D eigenvalue weighted by Gasteiger charge is 2.26. The molecule has 0 saturated carbocycles. The van der Waals surface area contributed by atoms with E-state index in [0.717, 1.165) is 12.5 Å². The van der Waals surface area contributed by atoms with Gasteiger partial charge in [-0.2, -0.15) is 0 Å². The molecule has 80 valence electrons. The van der Waals surface area contributed by atoms with Crippen molar-refractivity contribution in [2.45, 2.75) is 53.9 Å². The van der Waals surface area contributed by atoms with E-state index in [0.29, 0.717) is 11.3 Å². The summed E-state index contributed by atoms with van der Waals surface area (Å²) in [6.07, 6.45) is 3.90. The SMILES string of the molecule is CCCCC(CN)C(C)C(C)(C)C. The summed E-state index contributed by atoms with van der Waals surface area (Å²) in [6, 6.07) is 0. The van der Waals surface area contributed by atoms with E-state index < -0.39 is 0 Å². The van der Waals surface area contributed by atoms with Gasteiger partial charge in [-0.05, 0) is 30.2 Å². The van der Waals surface area contributed by atoms with E-state index in [4.69, 9.17) is 5.73 Å². The number of rotatable bonds is 5. The molecular formula is C12H27N. The van der Waals surface area contributed by atoms with Crippen molar-refractivity contribution in [1.82, 2.24) is 0 Å². The summed E-state index contributed by atoms with van der Waals surface area (Å²) < 4.78 is 0. The molecule has 2 unspecified atom stereocenters. The number of unbranched alkanes of at least 4 members (excludes halogenated alkanes) is 1. The average Bonchev–Trinajstić information content (AvgIpc) is 2.04. The van der Waals surface area contributed by atoms with Gasteiger partial charge in [-0.3, -0.25) is 0 Å². The minimum Gasteiger partial charge on any atom is -0.330 e. The summed E-state index contributed by atoms with van der Waals surface area (Å²) in [5.41, 5.74) is 6.21. The van der Waals surface area contributed by atoms with Gasteiger partial charge in [0.1, 0.15) is 0 Å². The molecular weight excluding hydrogens is 158 g/mol. The van der Waals surface area contributed by atoms with E-state index in [2.05, 4.69) is 34.6 Å². The molecule has 0 amide bonds. The molecule has 0 heterocycles. The molecule has 2 N–H and O–H groups in total. The molecule has 1 nitrogen and oxygen atoms in total. The maximum Gasteiger partial charge on any atom is -0.00461 e. The third-order valence-corrected chi connectivity index (χ3v) is 3.30. The lowest BCUT2D eigenvalue weighted by Gasteiger charge is -2.34. The van der Waals surface area contributed by atoms with Gasteiger partial charge in [0.25, 0.3) is 0 Å². The van der Waals surface area contributed by atoms with Crippen LogP contribution in [0.25, 0.3) is 0 Å². The predicted octanol–water partition coefficient (Wildman–Crippen LogP) is 3.43. The van der Waals surface area contributed by atoms with Crippen molar-refractivity contribution in [1.29, 1.82) is 0 Å². The zero-order chi connectivity index (χ0) is 10.5. The molecule has 0 fully saturated rings. The second-order valence-corrected chi connectivity index (χ2v) is 5.29. The average molecular weight is 185 g/mol. The van der Waals surface area contributed by atoms with Crippen LogP contribution in [0.3, 0.4) is 0 Å². The van der Waals surface area contributed by atoms with Crippen molar-refractivity contribution in [2.24, 2.45) is 23.0 Å². The Morgan fingerprint density at radius 1 is 1.23 bits per heavy atom. The summed E-state index contributed by atoms with van der Waals surface area (Å²) >= 11 is 0. The van der Waals surface area contributed by atoms with E-state index in [9.17, 15) is 0 Å². The summed E-state index contributed by atoms with van der Waals surface area (Å²) in [7, 11) is 0. The number of nitrogens with two attached hydrogens (primary N) is 1. The van der Waals surface area contributed by atoms with Crippen molar-refractivity contribution < 1.29 is 0 Å². The highest BCUT2D eigenvalue weighted by Crippen LogP contribution is 2.33. The van der Waals surface area contributed by atoms with Crippen LogP contribution < -0.4 is 5.73 Å². The molecule has 0 bridgehead atoms. The Morgan fingerprint density at radius 2 is 1.77 bits per heavy atom. The smallest absolute Gasteiger partial charge is 0.00461 e. The van der Waals surface area contributed by atoms with Crippen molar-refractivity contribution in [3.8, 4) is 0 Å². The fraction of sp³-hybridized carbons (Fsp3) is 1.00. The van der Waals surface area contributed by atoms with E-state index in [-0.39, 0.29) is 0 Å². The number of hydrogen-bond donors (Lipinski definition) is 1. The Bertz CT molecular complexity index is 124. The molecule has 0 spiro atoms. The Labute approximate surface area is 84.1 Å². The second-order valence-electron chi connectivity index (χ2n) is 5.29. The van der Waals surface area contributed by atoms with Gasteiger partial charge in [-0.1, -0.05) is 47.5 Å². The van der Waals surface area contributed by atoms with Crippen LogP contribution in [0.2, 0.25) is 0 Å². The molecule has 0 aromatic heterocycles. The van der Waals surface area contributed by atoms with Gasteiger partial charge < -0.3 is 5.73 Å². The second kappa shape index (κ2) is 5.64.